The molecule has 0 aliphatic carbocycles. The lowest BCUT2D eigenvalue weighted by Gasteiger charge is -2.41. The Balaban J connectivity index is 2.14. The fourth-order valence-electron chi connectivity index (χ4n) is 2.59. The monoisotopic (exact) mass is 172 g/mol. The van der Waals surface area contributed by atoms with E-state index in [9.17, 15) is 4.39 Å². The van der Waals surface area contributed by atoms with Crippen molar-refractivity contribution in [3.8, 4) is 0 Å². The first-order valence-electron chi connectivity index (χ1n) is 4.82. The molecular weight excluding hydrogens is 155 g/mol. The van der Waals surface area contributed by atoms with Gasteiger partial charge in [-0.05, 0) is 39.4 Å². The summed E-state index contributed by atoms with van der Waals surface area (Å²) in [5.74, 6) is 0. The summed E-state index contributed by atoms with van der Waals surface area (Å²) < 4.78 is 13.6. The molecule has 12 heavy (non-hydrogen) atoms. The van der Waals surface area contributed by atoms with Crippen LogP contribution in [0.2, 0.25) is 0 Å². The van der Waals surface area contributed by atoms with Gasteiger partial charge in [0.2, 0.25) is 0 Å². The highest BCUT2D eigenvalue weighted by molar-refractivity contribution is 5.03. The van der Waals surface area contributed by atoms with Gasteiger partial charge in [0.25, 0.3) is 0 Å². The van der Waals surface area contributed by atoms with Crippen LogP contribution >= 0.6 is 0 Å². The molecule has 70 valence electrons. The molecule has 1 spiro atoms. The number of alkyl halides is 1. The van der Waals surface area contributed by atoms with Gasteiger partial charge in [-0.2, -0.15) is 0 Å². The van der Waals surface area contributed by atoms with Gasteiger partial charge in [-0.1, -0.05) is 0 Å². The molecule has 0 aromatic rings. The summed E-state index contributed by atoms with van der Waals surface area (Å²) in [6.45, 7) is 2.89. The van der Waals surface area contributed by atoms with Crippen LogP contribution in [0.3, 0.4) is 0 Å². The quantitative estimate of drug-likeness (QED) is 0.581. The number of piperidine rings is 1. The molecule has 0 saturated carbocycles. The standard InChI is InChI=1S/C9H17FN2/c1-12-7-2-8(10)9(12)3-5-11-6-4-9/h8,11H,2-7H2,1H3. The summed E-state index contributed by atoms with van der Waals surface area (Å²) in [5.41, 5.74) is -0.106. The molecule has 1 unspecified atom stereocenters. The lowest BCUT2D eigenvalue weighted by Crippen LogP contribution is -2.53. The van der Waals surface area contributed by atoms with Crippen molar-refractivity contribution in [2.75, 3.05) is 26.7 Å². The normalized spacial score (nSPS) is 36.0. The maximum absolute atomic E-state index is 13.6. The second kappa shape index (κ2) is 2.96. The van der Waals surface area contributed by atoms with E-state index in [1.54, 1.807) is 0 Å². The molecule has 0 amide bonds. The van der Waals surface area contributed by atoms with Gasteiger partial charge in [0, 0.05) is 6.54 Å². The Kier molecular flexibility index (Phi) is 2.09. The number of likely N-dealkylation sites (tertiary alicyclic amines) is 1. The highest BCUT2D eigenvalue weighted by Crippen LogP contribution is 2.37. The number of nitrogens with zero attached hydrogens (tertiary/aromatic N) is 1. The van der Waals surface area contributed by atoms with Crippen molar-refractivity contribution in [1.82, 2.24) is 10.2 Å². The van der Waals surface area contributed by atoms with Crippen LogP contribution in [0, 0.1) is 0 Å². The molecule has 0 aromatic heterocycles. The molecule has 1 N–H and O–H groups in total. The third-order valence-corrected chi connectivity index (χ3v) is 3.53. The van der Waals surface area contributed by atoms with Crippen molar-refractivity contribution in [3.63, 3.8) is 0 Å². The van der Waals surface area contributed by atoms with Gasteiger partial charge in [0.1, 0.15) is 6.17 Å². The number of nitrogens with one attached hydrogen (secondary N) is 1. The highest BCUT2D eigenvalue weighted by Gasteiger charge is 2.47. The van der Waals surface area contributed by atoms with Crippen molar-refractivity contribution in [3.05, 3.63) is 0 Å². The van der Waals surface area contributed by atoms with E-state index in [1.165, 1.54) is 0 Å². The van der Waals surface area contributed by atoms with Crippen LogP contribution in [0.15, 0.2) is 0 Å². The molecule has 2 fully saturated rings. The summed E-state index contributed by atoms with van der Waals surface area (Å²) in [6, 6.07) is 0. The van der Waals surface area contributed by atoms with Gasteiger partial charge in [-0.15, -0.1) is 0 Å². The molecule has 2 heterocycles. The number of hydrogen-bond acceptors (Lipinski definition) is 2. The van der Waals surface area contributed by atoms with E-state index >= 15 is 0 Å². The molecule has 3 heteroatoms. The van der Waals surface area contributed by atoms with Gasteiger partial charge >= 0.3 is 0 Å². The maximum atomic E-state index is 13.6. The van der Waals surface area contributed by atoms with Crippen LogP contribution in [0.1, 0.15) is 19.3 Å². The lowest BCUT2D eigenvalue weighted by molar-refractivity contribution is 0.0658. The zero-order valence-electron chi connectivity index (χ0n) is 7.65. The van der Waals surface area contributed by atoms with Crippen LogP contribution < -0.4 is 5.32 Å². The Morgan fingerprint density at radius 2 is 2.08 bits per heavy atom. The average molecular weight is 172 g/mol. The molecule has 2 nitrogen and oxygen atoms in total. The van der Waals surface area contributed by atoms with Crippen molar-refractivity contribution >= 4 is 0 Å². The van der Waals surface area contributed by atoms with Crippen LogP contribution in [0.5, 0.6) is 0 Å². The number of rotatable bonds is 0. The topological polar surface area (TPSA) is 15.3 Å². The second-order valence-corrected chi connectivity index (χ2v) is 4.03. The van der Waals surface area contributed by atoms with E-state index in [1.807, 2.05) is 0 Å². The lowest BCUT2D eigenvalue weighted by atomic mass is 9.85. The average Bonchev–Trinajstić information content (AvgIpc) is 2.36. The second-order valence-electron chi connectivity index (χ2n) is 4.03. The molecule has 2 aliphatic rings. The summed E-state index contributed by atoms with van der Waals surface area (Å²) in [5, 5.41) is 3.28. The summed E-state index contributed by atoms with van der Waals surface area (Å²) in [6.07, 6.45) is 2.09. The molecule has 0 radical (unpaired) electrons. The van der Waals surface area contributed by atoms with Gasteiger partial charge in [0.05, 0.1) is 5.54 Å². The zero-order chi connectivity index (χ0) is 8.60. The fraction of sp³-hybridized carbons (Fsp3) is 1.00. The largest absolute Gasteiger partial charge is 0.317 e. The smallest absolute Gasteiger partial charge is 0.120 e. The molecule has 2 rings (SSSR count). The van der Waals surface area contributed by atoms with Gasteiger partial charge in [0.15, 0.2) is 0 Å². The minimum absolute atomic E-state index is 0.106. The van der Waals surface area contributed by atoms with Gasteiger partial charge in [-0.25, -0.2) is 4.39 Å². The summed E-state index contributed by atoms with van der Waals surface area (Å²) >= 11 is 0. The molecule has 0 aromatic carbocycles. The summed E-state index contributed by atoms with van der Waals surface area (Å²) in [7, 11) is 2.06. The van der Waals surface area contributed by atoms with E-state index in [2.05, 4.69) is 17.3 Å². The van der Waals surface area contributed by atoms with E-state index in [-0.39, 0.29) is 5.54 Å². The molecule has 1 atom stereocenters. The fourth-order valence-corrected chi connectivity index (χ4v) is 2.59. The van der Waals surface area contributed by atoms with Gasteiger partial charge < -0.3 is 5.32 Å². The predicted octanol–water partition coefficient (Wildman–Crippen LogP) is 0.782. The van der Waals surface area contributed by atoms with Crippen LogP contribution in [0.25, 0.3) is 0 Å². The highest BCUT2D eigenvalue weighted by atomic mass is 19.1. The number of halogens is 1. The Morgan fingerprint density at radius 3 is 2.58 bits per heavy atom. The Bertz CT molecular complexity index is 154. The molecular formula is C9H17FN2. The predicted molar refractivity (Wildman–Crippen MR) is 47.0 cm³/mol. The maximum Gasteiger partial charge on any atom is 0.120 e. The van der Waals surface area contributed by atoms with Crippen LogP contribution in [0.4, 0.5) is 4.39 Å². The van der Waals surface area contributed by atoms with E-state index in [0.717, 1.165) is 38.9 Å². The third-order valence-electron chi connectivity index (χ3n) is 3.53. The molecule has 0 bridgehead atoms. The first-order chi connectivity index (χ1) is 5.76. The van der Waals surface area contributed by atoms with E-state index in [4.69, 9.17) is 0 Å². The minimum Gasteiger partial charge on any atom is -0.317 e. The van der Waals surface area contributed by atoms with Crippen LogP contribution in [-0.2, 0) is 0 Å². The Labute approximate surface area is 73.1 Å². The number of hydrogen-bond donors (Lipinski definition) is 1. The van der Waals surface area contributed by atoms with E-state index < -0.39 is 6.17 Å². The molecule has 2 aliphatic heterocycles. The van der Waals surface area contributed by atoms with E-state index in [0.29, 0.717) is 0 Å². The third kappa shape index (κ3) is 1.07. The SMILES string of the molecule is CN1CCC(F)C12CCNCC2. The van der Waals surface area contributed by atoms with Crippen molar-refractivity contribution in [2.24, 2.45) is 0 Å². The Hall–Kier alpha value is -0.150. The van der Waals surface area contributed by atoms with Crippen molar-refractivity contribution < 1.29 is 4.39 Å². The zero-order valence-corrected chi connectivity index (χ0v) is 7.65. The Morgan fingerprint density at radius 1 is 1.42 bits per heavy atom. The summed E-state index contributed by atoms with van der Waals surface area (Å²) in [4.78, 5) is 2.22. The van der Waals surface area contributed by atoms with Crippen molar-refractivity contribution in [1.29, 1.82) is 0 Å². The minimum atomic E-state index is -0.593. The first kappa shape index (κ1) is 8.45. The van der Waals surface area contributed by atoms with Crippen LogP contribution in [-0.4, -0.2) is 43.3 Å². The van der Waals surface area contributed by atoms with Gasteiger partial charge in [-0.3, -0.25) is 4.90 Å². The van der Waals surface area contributed by atoms with Crippen molar-refractivity contribution in [2.45, 2.75) is 31.0 Å². The molecule has 2 saturated heterocycles. The first-order valence-corrected chi connectivity index (χ1v) is 4.82.